The molecule has 0 aromatic heterocycles. The van der Waals surface area contributed by atoms with Crippen molar-refractivity contribution in [1.29, 1.82) is 0 Å². The van der Waals surface area contributed by atoms with Crippen molar-refractivity contribution in [3.8, 4) is 0 Å². The van der Waals surface area contributed by atoms with Crippen LogP contribution in [0.25, 0.3) is 0 Å². The summed E-state index contributed by atoms with van der Waals surface area (Å²) in [5.41, 5.74) is -3.58. The molecule has 1 atom stereocenters. The fourth-order valence-electron chi connectivity index (χ4n) is 2.80. The summed E-state index contributed by atoms with van der Waals surface area (Å²) < 4.78 is 77.3. The molecular formula is C20H23F6NO3. The summed E-state index contributed by atoms with van der Waals surface area (Å²) in [5, 5.41) is 11.4. The summed E-state index contributed by atoms with van der Waals surface area (Å²) in [5.74, 6) is -2.30. The first-order valence-electron chi connectivity index (χ1n) is 9.26. The monoisotopic (exact) mass is 439 g/mol. The number of amides is 1. The van der Waals surface area contributed by atoms with E-state index in [9.17, 15) is 41.0 Å². The highest BCUT2D eigenvalue weighted by molar-refractivity contribution is 5.84. The minimum Gasteiger partial charge on any atom is -0.480 e. The molecule has 0 aliphatic heterocycles. The number of hydrogen-bond acceptors (Lipinski definition) is 2. The van der Waals surface area contributed by atoms with Crippen molar-refractivity contribution >= 4 is 11.9 Å². The third-order valence-electron chi connectivity index (χ3n) is 4.30. The highest BCUT2D eigenvalue weighted by Gasteiger charge is 2.37. The number of carbonyl (C=O) groups is 2. The maximum Gasteiger partial charge on any atom is 0.416 e. The van der Waals surface area contributed by atoms with Gasteiger partial charge in [0, 0.05) is 0 Å². The first-order valence-corrected chi connectivity index (χ1v) is 9.26. The lowest BCUT2D eigenvalue weighted by molar-refractivity contribution is -0.143. The van der Waals surface area contributed by atoms with Crippen LogP contribution in [0.1, 0.15) is 55.2 Å². The van der Waals surface area contributed by atoms with Crippen molar-refractivity contribution in [3.05, 3.63) is 47.5 Å². The average Bonchev–Trinajstić information content (AvgIpc) is 2.61. The fraction of sp³-hybridized carbons (Fsp3) is 0.500. The van der Waals surface area contributed by atoms with Crippen LogP contribution in [0.15, 0.2) is 30.9 Å². The molecule has 4 nitrogen and oxygen atoms in total. The van der Waals surface area contributed by atoms with Gasteiger partial charge in [0.2, 0.25) is 5.91 Å². The van der Waals surface area contributed by atoms with E-state index < -0.39 is 53.4 Å². The van der Waals surface area contributed by atoms with Crippen LogP contribution in [-0.2, 0) is 28.4 Å². The molecule has 1 amide bonds. The van der Waals surface area contributed by atoms with Gasteiger partial charge in [0.15, 0.2) is 0 Å². The SMILES string of the molecule is C=CCCCCCC[C@@H](NC(=O)Cc1cc(C(F)(F)F)cc(C(F)(F)F)c1)C(=O)O. The molecule has 1 aromatic carbocycles. The maximum atomic E-state index is 12.9. The second-order valence-corrected chi connectivity index (χ2v) is 6.83. The number of alkyl halides is 6. The molecule has 0 fully saturated rings. The number of aliphatic carboxylic acids is 1. The maximum absolute atomic E-state index is 12.9. The number of rotatable bonds is 11. The van der Waals surface area contributed by atoms with Crippen molar-refractivity contribution in [2.75, 3.05) is 0 Å². The fourth-order valence-corrected chi connectivity index (χ4v) is 2.80. The van der Waals surface area contributed by atoms with Crippen LogP contribution >= 0.6 is 0 Å². The van der Waals surface area contributed by atoms with Crippen molar-refractivity contribution in [2.24, 2.45) is 0 Å². The topological polar surface area (TPSA) is 66.4 Å². The molecule has 0 unspecified atom stereocenters. The number of carboxylic acids is 1. The Morgan fingerprint density at radius 1 is 0.967 bits per heavy atom. The Labute approximate surface area is 170 Å². The molecule has 0 saturated carbocycles. The van der Waals surface area contributed by atoms with Crippen molar-refractivity contribution < 1.29 is 41.0 Å². The number of carboxylic acid groups (broad SMARTS) is 1. The Morgan fingerprint density at radius 2 is 1.50 bits per heavy atom. The Morgan fingerprint density at radius 3 is 1.97 bits per heavy atom. The van der Waals surface area contributed by atoms with E-state index in [4.69, 9.17) is 0 Å². The molecule has 1 aromatic rings. The molecule has 10 heteroatoms. The van der Waals surface area contributed by atoms with Crippen molar-refractivity contribution in [3.63, 3.8) is 0 Å². The number of nitrogens with one attached hydrogen (secondary N) is 1. The van der Waals surface area contributed by atoms with Crippen LogP contribution in [-0.4, -0.2) is 23.0 Å². The smallest absolute Gasteiger partial charge is 0.416 e. The Balaban J connectivity index is 2.81. The van der Waals surface area contributed by atoms with Crippen LogP contribution < -0.4 is 5.32 Å². The zero-order valence-electron chi connectivity index (χ0n) is 16.1. The molecule has 0 bridgehead atoms. The average molecular weight is 439 g/mol. The van der Waals surface area contributed by atoms with E-state index >= 15 is 0 Å². The molecule has 0 spiro atoms. The third kappa shape index (κ3) is 8.87. The van der Waals surface area contributed by atoms with Crippen LogP contribution in [0.5, 0.6) is 0 Å². The number of halogens is 6. The summed E-state index contributed by atoms with van der Waals surface area (Å²) in [6.07, 6.45) is -5.22. The van der Waals surface area contributed by atoms with Gasteiger partial charge in [-0.1, -0.05) is 25.3 Å². The first-order chi connectivity index (χ1) is 13.8. The number of unbranched alkanes of at least 4 members (excludes halogenated alkanes) is 4. The molecule has 2 N–H and O–H groups in total. The first kappa shape index (κ1) is 25.5. The number of carbonyl (C=O) groups excluding carboxylic acids is 1. The zero-order valence-corrected chi connectivity index (χ0v) is 16.1. The van der Waals surface area contributed by atoms with Gasteiger partial charge in [-0.15, -0.1) is 6.58 Å². The number of allylic oxidation sites excluding steroid dienone is 1. The summed E-state index contributed by atoms with van der Waals surface area (Å²) in [7, 11) is 0. The lowest BCUT2D eigenvalue weighted by atomic mass is 10.0. The van der Waals surface area contributed by atoms with E-state index in [2.05, 4.69) is 11.9 Å². The normalized spacial score (nSPS) is 13.0. The van der Waals surface area contributed by atoms with Crippen molar-refractivity contribution in [1.82, 2.24) is 5.32 Å². The van der Waals surface area contributed by atoms with E-state index in [-0.39, 0.29) is 12.5 Å². The summed E-state index contributed by atoms with van der Waals surface area (Å²) in [6, 6.07) is -0.410. The van der Waals surface area contributed by atoms with Gasteiger partial charge in [0.1, 0.15) is 6.04 Å². The Hall–Kier alpha value is -2.52. The van der Waals surface area contributed by atoms with E-state index in [0.717, 1.165) is 25.7 Å². The molecular weight excluding hydrogens is 416 g/mol. The molecule has 0 saturated heterocycles. The lowest BCUT2D eigenvalue weighted by Crippen LogP contribution is -2.41. The predicted octanol–water partition coefficient (Wildman–Crippen LogP) is 5.36. The molecule has 0 heterocycles. The van der Waals surface area contributed by atoms with E-state index in [0.29, 0.717) is 18.6 Å². The minimum atomic E-state index is -5.03. The summed E-state index contributed by atoms with van der Waals surface area (Å²) in [4.78, 5) is 23.4. The largest absolute Gasteiger partial charge is 0.480 e. The minimum absolute atomic E-state index is 0.0339. The Kier molecular flexibility index (Phi) is 9.38. The lowest BCUT2D eigenvalue weighted by Gasteiger charge is -2.16. The van der Waals surface area contributed by atoms with Crippen molar-refractivity contribution in [2.45, 2.75) is 63.3 Å². The van der Waals surface area contributed by atoms with Gasteiger partial charge in [0.05, 0.1) is 17.5 Å². The molecule has 30 heavy (non-hydrogen) atoms. The van der Waals surface area contributed by atoms with Gasteiger partial charge in [0.25, 0.3) is 0 Å². The van der Waals surface area contributed by atoms with E-state index in [1.165, 1.54) is 0 Å². The summed E-state index contributed by atoms with van der Waals surface area (Å²) >= 11 is 0. The zero-order chi connectivity index (χ0) is 22.9. The second kappa shape index (κ2) is 11.0. The Bertz CT molecular complexity index is 711. The van der Waals surface area contributed by atoms with Gasteiger partial charge < -0.3 is 10.4 Å². The second-order valence-electron chi connectivity index (χ2n) is 6.83. The van der Waals surface area contributed by atoms with E-state index in [1.807, 2.05) is 0 Å². The molecule has 168 valence electrons. The molecule has 1 rings (SSSR count). The van der Waals surface area contributed by atoms with Gasteiger partial charge in [-0.3, -0.25) is 4.79 Å². The van der Waals surface area contributed by atoms with Crippen LogP contribution in [0.2, 0.25) is 0 Å². The molecule has 0 radical (unpaired) electrons. The standard InChI is InChI=1S/C20H23F6NO3/c1-2-3-4-5-6-7-8-16(18(29)30)27-17(28)11-13-9-14(19(21,22)23)12-15(10-13)20(24,25)26/h2,9-10,12,16H,1,3-8,11H2,(H,27,28)(H,29,30)/t16-/m1/s1. The predicted molar refractivity (Wildman–Crippen MR) is 97.6 cm³/mol. The number of benzene rings is 1. The highest BCUT2D eigenvalue weighted by atomic mass is 19.4. The molecule has 0 aliphatic carbocycles. The molecule has 0 aliphatic rings. The van der Waals surface area contributed by atoms with Gasteiger partial charge in [-0.05, 0) is 43.0 Å². The van der Waals surface area contributed by atoms with Crippen LogP contribution in [0, 0.1) is 0 Å². The van der Waals surface area contributed by atoms with Gasteiger partial charge in [-0.2, -0.15) is 26.3 Å². The van der Waals surface area contributed by atoms with Gasteiger partial charge in [-0.25, -0.2) is 4.79 Å². The number of hydrogen-bond donors (Lipinski definition) is 2. The third-order valence-corrected chi connectivity index (χ3v) is 4.30. The quantitative estimate of drug-likeness (QED) is 0.277. The van der Waals surface area contributed by atoms with Crippen LogP contribution in [0.4, 0.5) is 26.3 Å². The summed E-state index contributed by atoms with van der Waals surface area (Å²) in [6.45, 7) is 3.58. The van der Waals surface area contributed by atoms with Gasteiger partial charge >= 0.3 is 18.3 Å². The van der Waals surface area contributed by atoms with Crippen LogP contribution in [0.3, 0.4) is 0 Å². The highest BCUT2D eigenvalue weighted by Crippen LogP contribution is 2.36. The van der Waals surface area contributed by atoms with E-state index in [1.54, 1.807) is 6.08 Å².